The monoisotopic (exact) mass is 361 g/mol. The number of nitrogens with zero attached hydrogens (tertiary/aromatic N) is 1. The van der Waals surface area contributed by atoms with Crippen molar-refractivity contribution in [2.24, 2.45) is 0 Å². The first-order chi connectivity index (χ1) is 13.2. The third-order valence-electron chi connectivity index (χ3n) is 3.74. The first-order valence-electron chi connectivity index (χ1n) is 8.53. The molecule has 0 fully saturated rings. The van der Waals surface area contributed by atoms with Crippen molar-refractivity contribution in [3.05, 3.63) is 84.1 Å². The minimum Gasteiger partial charge on any atom is -0.462 e. The van der Waals surface area contributed by atoms with Gasteiger partial charge >= 0.3 is 5.97 Å². The molecule has 3 rings (SSSR count). The maximum atomic E-state index is 12.5. The molecule has 0 atom stereocenters. The van der Waals surface area contributed by atoms with Crippen LogP contribution in [0.4, 0.5) is 17.2 Å². The highest BCUT2D eigenvalue weighted by Crippen LogP contribution is 2.18. The van der Waals surface area contributed by atoms with Crippen molar-refractivity contribution in [1.82, 2.24) is 4.98 Å². The van der Waals surface area contributed by atoms with E-state index in [0.717, 1.165) is 5.69 Å². The molecule has 0 radical (unpaired) electrons. The summed E-state index contributed by atoms with van der Waals surface area (Å²) in [6.07, 6.45) is 1.48. The highest BCUT2D eigenvalue weighted by Gasteiger charge is 2.15. The van der Waals surface area contributed by atoms with Crippen molar-refractivity contribution in [2.75, 3.05) is 17.2 Å². The highest BCUT2D eigenvalue weighted by molar-refractivity contribution is 6.07. The zero-order valence-electron chi connectivity index (χ0n) is 14.8. The Hall–Kier alpha value is -3.67. The maximum Gasteiger partial charge on any atom is 0.340 e. The molecule has 1 heterocycles. The lowest BCUT2D eigenvalue weighted by Gasteiger charge is -2.11. The minimum atomic E-state index is -0.478. The van der Waals surface area contributed by atoms with Crippen LogP contribution >= 0.6 is 0 Å². The fourth-order valence-corrected chi connectivity index (χ4v) is 2.44. The van der Waals surface area contributed by atoms with Crippen LogP contribution in [0.5, 0.6) is 0 Å². The lowest BCUT2D eigenvalue weighted by Crippen LogP contribution is -2.16. The van der Waals surface area contributed by atoms with Gasteiger partial charge in [0.05, 0.1) is 23.4 Å². The Labute approximate surface area is 157 Å². The van der Waals surface area contributed by atoms with Gasteiger partial charge in [0, 0.05) is 11.9 Å². The number of para-hydroxylation sites is 2. The Morgan fingerprint density at radius 2 is 1.70 bits per heavy atom. The van der Waals surface area contributed by atoms with Crippen LogP contribution in [-0.4, -0.2) is 23.5 Å². The molecular formula is C21H19N3O3. The van der Waals surface area contributed by atoms with Gasteiger partial charge in [-0.1, -0.05) is 30.3 Å². The summed E-state index contributed by atoms with van der Waals surface area (Å²) in [5.41, 5.74) is 1.99. The standard InChI is InChI=1S/C21H19N3O3/c1-2-27-21(26)17-10-6-7-11-18(17)24-20(25)15-12-13-19(22-14-15)23-16-8-4-3-5-9-16/h3-14H,2H2,1H3,(H,22,23)(H,24,25). The van der Waals surface area contributed by atoms with Gasteiger partial charge in [-0.3, -0.25) is 4.79 Å². The fraction of sp³-hybridized carbons (Fsp3) is 0.0952. The van der Waals surface area contributed by atoms with Crippen molar-refractivity contribution < 1.29 is 14.3 Å². The molecule has 6 heteroatoms. The molecule has 0 aliphatic rings. The Bertz CT molecular complexity index is 925. The van der Waals surface area contributed by atoms with Crippen LogP contribution in [0.25, 0.3) is 0 Å². The van der Waals surface area contributed by atoms with E-state index in [1.54, 1.807) is 43.3 Å². The predicted octanol–water partition coefficient (Wildman–Crippen LogP) is 4.25. The number of benzene rings is 2. The van der Waals surface area contributed by atoms with Crippen molar-refractivity contribution in [3.63, 3.8) is 0 Å². The Morgan fingerprint density at radius 1 is 0.963 bits per heavy atom. The number of rotatable bonds is 6. The molecule has 0 aliphatic carbocycles. The van der Waals surface area contributed by atoms with E-state index >= 15 is 0 Å². The SMILES string of the molecule is CCOC(=O)c1ccccc1NC(=O)c1ccc(Nc2ccccc2)nc1. The third-order valence-corrected chi connectivity index (χ3v) is 3.74. The summed E-state index contributed by atoms with van der Waals surface area (Å²) >= 11 is 0. The Kier molecular flexibility index (Phi) is 5.79. The van der Waals surface area contributed by atoms with Gasteiger partial charge in [0.15, 0.2) is 0 Å². The molecular weight excluding hydrogens is 342 g/mol. The number of pyridine rings is 1. The first kappa shape index (κ1) is 18.1. The maximum absolute atomic E-state index is 12.5. The van der Waals surface area contributed by atoms with Crippen molar-refractivity contribution in [1.29, 1.82) is 0 Å². The first-order valence-corrected chi connectivity index (χ1v) is 8.53. The topological polar surface area (TPSA) is 80.3 Å². The van der Waals surface area contributed by atoms with Crippen LogP contribution in [0.1, 0.15) is 27.6 Å². The average molecular weight is 361 g/mol. The van der Waals surface area contributed by atoms with E-state index in [9.17, 15) is 9.59 Å². The summed E-state index contributed by atoms with van der Waals surface area (Å²) in [5, 5.41) is 5.89. The zero-order chi connectivity index (χ0) is 19.1. The van der Waals surface area contributed by atoms with Gasteiger partial charge in [-0.25, -0.2) is 9.78 Å². The van der Waals surface area contributed by atoms with Crippen LogP contribution in [0.2, 0.25) is 0 Å². The van der Waals surface area contributed by atoms with Gasteiger partial charge in [-0.2, -0.15) is 0 Å². The number of hydrogen-bond donors (Lipinski definition) is 2. The molecule has 0 aliphatic heterocycles. The van der Waals surface area contributed by atoms with E-state index < -0.39 is 5.97 Å². The predicted molar refractivity (Wildman–Crippen MR) is 104 cm³/mol. The number of carbonyl (C=O) groups excluding carboxylic acids is 2. The average Bonchev–Trinajstić information content (AvgIpc) is 2.70. The van der Waals surface area contributed by atoms with E-state index in [4.69, 9.17) is 4.74 Å². The van der Waals surface area contributed by atoms with Gasteiger partial charge < -0.3 is 15.4 Å². The Balaban J connectivity index is 1.71. The molecule has 136 valence electrons. The van der Waals surface area contributed by atoms with E-state index in [1.165, 1.54) is 6.20 Å². The fourth-order valence-electron chi connectivity index (χ4n) is 2.44. The molecule has 0 saturated heterocycles. The molecule has 0 unspecified atom stereocenters. The summed E-state index contributed by atoms with van der Waals surface area (Å²) in [6.45, 7) is 2.00. The lowest BCUT2D eigenvalue weighted by atomic mass is 10.1. The second kappa shape index (κ2) is 8.62. The second-order valence-electron chi connectivity index (χ2n) is 5.64. The molecule has 0 saturated carbocycles. The van der Waals surface area contributed by atoms with Crippen molar-refractivity contribution in [2.45, 2.75) is 6.92 Å². The van der Waals surface area contributed by atoms with E-state index in [1.807, 2.05) is 30.3 Å². The number of carbonyl (C=O) groups is 2. The number of anilines is 3. The molecule has 6 nitrogen and oxygen atoms in total. The van der Waals surface area contributed by atoms with E-state index in [2.05, 4.69) is 15.6 Å². The van der Waals surface area contributed by atoms with Crippen molar-refractivity contribution in [3.8, 4) is 0 Å². The van der Waals surface area contributed by atoms with Crippen LogP contribution in [0.15, 0.2) is 72.9 Å². The molecule has 3 aromatic rings. The molecule has 27 heavy (non-hydrogen) atoms. The van der Waals surface area contributed by atoms with E-state index in [-0.39, 0.29) is 12.5 Å². The largest absolute Gasteiger partial charge is 0.462 e. The van der Waals surface area contributed by atoms with Crippen LogP contribution in [-0.2, 0) is 4.74 Å². The molecule has 2 N–H and O–H groups in total. The number of esters is 1. The number of aromatic nitrogens is 1. The summed E-state index contributed by atoms with van der Waals surface area (Å²) in [7, 11) is 0. The molecule has 1 amide bonds. The van der Waals surface area contributed by atoms with E-state index in [0.29, 0.717) is 22.6 Å². The van der Waals surface area contributed by atoms with Crippen molar-refractivity contribution >= 4 is 29.1 Å². The van der Waals surface area contributed by atoms with Gasteiger partial charge in [-0.15, -0.1) is 0 Å². The Morgan fingerprint density at radius 3 is 2.41 bits per heavy atom. The summed E-state index contributed by atoms with van der Waals surface area (Å²) in [5.74, 6) is -0.205. The lowest BCUT2D eigenvalue weighted by molar-refractivity contribution is 0.0527. The van der Waals surface area contributed by atoms with Gasteiger partial charge in [0.2, 0.25) is 0 Å². The second-order valence-corrected chi connectivity index (χ2v) is 5.64. The van der Waals surface area contributed by atoms with Crippen LogP contribution in [0, 0.1) is 0 Å². The molecule has 0 bridgehead atoms. The summed E-state index contributed by atoms with van der Waals surface area (Å²) < 4.78 is 5.02. The quantitative estimate of drug-likeness (QED) is 0.642. The summed E-state index contributed by atoms with van der Waals surface area (Å²) in [6, 6.07) is 19.7. The molecule has 0 spiro atoms. The molecule has 1 aromatic heterocycles. The summed E-state index contributed by atoms with van der Waals surface area (Å²) in [4.78, 5) is 28.8. The van der Waals surface area contributed by atoms with Crippen LogP contribution < -0.4 is 10.6 Å². The number of amides is 1. The van der Waals surface area contributed by atoms with Gasteiger partial charge in [0.25, 0.3) is 5.91 Å². The number of hydrogen-bond acceptors (Lipinski definition) is 5. The minimum absolute atomic E-state index is 0.265. The zero-order valence-corrected chi connectivity index (χ0v) is 14.8. The van der Waals surface area contributed by atoms with Gasteiger partial charge in [-0.05, 0) is 43.3 Å². The van der Waals surface area contributed by atoms with Gasteiger partial charge in [0.1, 0.15) is 5.82 Å². The number of ether oxygens (including phenoxy) is 1. The smallest absolute Gasteiger partial charge is 0.340 e. The number of nitrogens with one attached hydrogen (secondary N) is 2. The normalized spacial score (nSPS) is 10.1. The highest BCUT2D eigenvalue weighted by atomic mass is 16.5. The molecule has 2 aromatic carbocycles. The third kappa shape index (κ3) is 4.70. The van der Waals surface area contributed by atoms with Crippen LogP contribution in [0.3, 0.4) is 0 Å².